The third-order valence-electron chi connectivity index (χ3n) is 13.2. The Morgan fingerprint density at radius 1 is 0.391 bits per heavy atom. The monoisotopic (exact) mass is 978 g/mol. The van der Waals surface area contributed by atoms with Crippen molar-refractivity contribution in [3.63, 3.8) is 0 Å². The Morgan fingerprint density at radius 3 is 1.32 bits per heavy atom. The largest absolute Gasteiger partial charge is 0.507 e. The van der Waals surface area contributed by atoms with E-state index >= 15 is 0 Å². The number of rotatable bonds is 6. The maximum Gasteiger partial charge on any atom is 0.297 e. The Hall–Kier alpha value is -7.11. The topological polar surface area (TPSA) is 213 Å². The molecule has 0 radical (unpaired) electrons. The van der Waals surface area contributed by atoms with Crippen LogP contribution in [0, 0.1) is 20.8 Å². The minimum absolute atomic E-state index is 0.0350. The van der Waals surface area contributed by atoms with Crippen LogP contribution in [0.15, 0.2) is 132 Å². The second kappa shape index (κ2) is 16.3. The highest BCUT2D eigenvalue weighted by molar-refractivity contribution is 7.87. The molecule has 12 aromatic rings. The molecular weight excluding hydrogens is 937 g/mol. The smallest absolute Gasteiger partial charge is 0.297 e. The number of phenolic OH excluding ortho intramolecular Hbond substituents is 3. The molecule has 348 valence electrons. The summed E-state index contributed by atoms with van der Waals surface area (Å²) in [5, 5.41) is 46.4. The maximum absolute atomic E-state index is 12.5. The number of aryl methyl sites for hydroxylation is 3. The van der Waals surface area contributed by atoms with Crippen LogP contribution >= 0.6 is 0 Å². The second-order valence-corrected chi connectivity index (χ2v) is 22.1. The van der Waals surface area contributed by atoms with Crippen molar-refractivity contribution in [3.8, 4) is 17.2 Å². The number of phenols is 3. The summed E-state index contributed by atoms with van der Waals surface area (Å²) in [6.07, 6.45) is 0. The molecule has 0 atom stereocenters. The zero-order valence-corrected chi connectivity index (χ0v) is 39.8. The van der Waals surface area contributed by atoms with Crippen molar-refractivity contribution in [2.45, 2.75) is 37.2 Å². The number of aromatic hydroxyl groups is 3. The molecule has 12 aromatic carbocycles. The Bertz CT molecular complexity index is 4370. The Labute approximate surface area is 395 Å². The molecule has 12 nitrogen and oxygen atoms in total. The average molecular weight is 979 g/mol. The molecule has 0 aromatic heterocycles. The summed E-state index contributed by atoms with van der Waals surface area (Å²) in [5.74, 6) is -1.27. The molecule has 15 heteroatoms. The van der Waals surface area contributed by atoms with Gasteiger partial charge in [0.15, 0.2) is 0 Å². The molecule has 0 spiro atoms. The Morgan fingerprint density at radius 2 is 0.768 bits per heavy atom. The summed E-state index contributed by atoms with van der Waals surface area (Å²) >= 11 is 0. The summed E-state index contributed by atoms with van der Waals surface area (Å²) in [7, 11) is -11.7. The molecular formula is C54H42O12S3. The van der Waals surface area contributed by atoms with Crippen molar-refractivity contribution < 1.29 is 53.9 Å². The van der Waals surface area contributed by atoms with Gasteiger partial charge in [-0.05, 0) is 144 Å². The fourth-order valence-corrected chi connectivity index (χ4v) is 12.4. The highest BCUT2D eigenvalue weighted by Gasteiger charge is 2.25. The van der Waals surface area contributed by atoms with E-state index < -0.39 is 41.9 Å². The van der Waals surface area contributed by atoms with Crippen LogP contribution in [0.2, 0.25) is 0 Å². The first-order valence-electron chi connectivity index (χ1n) is 21.5. The van der Waals surface area contributed by atoms with Crippen LogP contribution in [0.3, 0.4) is 0 Å². The first kappa shape index (κ1) is 45.7. The van der Waals surface area contributed by atoms with Crippen molar-refractivity contribution in [2.24, 2.45) is 0 Å². The fraction of sp³-hybridized carbons (Fsp3) is 0.111. The molecule has 0 amide bonds. The maximum atomic E-state index is 12.5. The predicted molar refractivity (Wildman–Crippen MR) is 274 cm³/mol. The Balaban J connectivity index is 0.000000123. The van der Waals surface area contributed by atoms with Crippen LogP contribution in [0.5, 0.6) is 17.2 Å². The van der Waals surface area contributed by atoms with E-state index in [1.165, 1.54) is 50.0 Å². The van der Waals surface area contributed by atoms with Gasteiger partial charge in [-0.25, -0.2) is 0 Å². The summed E-state index contributed by atoms with van der Waals surface area (Å²) < 4.78 is 94.1. The lowest BCUT2D eigenvalue weighted by Crippen LogP contribution is -2.08. The number of hydrogen-bond donors (Lipinski definition) is 5. The van der Waals surface area contributed by atoms with Gasteiger partial charge < -0.3 is 15.3 Å². The molecule has 0 saturated heterocycles. The number of hydrogen-bond acceptors (Lipinski definition) is 10. The van der Waals surface area contributed by atoms with E-state index in [1.54, 1.807) is 54.6 Å². The highest BCUT2D eigenvalue weighted by atomic mass is 32.2. The van der Waals surface area contributed by atoms with E-state index in [4.69, 9.17) is 0 Å². The van der Waals surface area contributed by atoms with Crippen LogP contribution in [-0.4, -0.2) is 56.8 Å². The molecule has 0 saturated carbocycles. The van der Waals surface area contributed by atoms with Crippen molar-refractivity contribution in [1.29, 1.82) is 0 Å². The molecule has 0 aliphatic heterocycles. The summed E-state index contributed by atoms with van der Waals surface area (Å²) in [4.78, 5) is -0.198. The lowest BCUT2D eigenvalue weighted by molar-refractivity contribution is 0.398. The van der Waals surface area contributed by atoms with Crippen LogP contribution in [-0.2, 0) is 46.0 Å². The van der Waals surface area contributed by atoms with E-state index in [0.29, 0.717) is 54.0 Å². The number of benzene rings is 12. The zero-order chi connectivity index (χ0) is 49.1. The van der Waals surface area contributed by atoms with E-state index in [-0.39, 0.29) is 27.7 Å². The quantitative estimate of drug-likeness (QED) is 0.0598. The molecule has 0 fully saturated rings. The summed E-state index contributed by atoms with van der Waals surface area (Å²) in [6, 6.07) is 39.5. The predicted octanol–water partition coefficient (Wildman–Crippen LogP) is 11.9. The van der Waals surface area contributed by atoms with Crippen LogP contribution < -0.4 is 0 Å². The molecule has 5 N–H and O–H groups in total. The molecule has 0 aliphatic rings. The van der Waals surface area contributed by atoms with E-state index in [9.17, 15) is 49.7 Å². The SMILES string of the molecule is COS(=O)(=O)c1cc(CS(=O)(=O)O)c2ccc3c(O)cc(C)c4ccc1c2c43.Cc1cc(CS(=O)(=O)O)c2ccc3c(O)cc(O)c4ccc1c2c43.Cc1ccc2ccc3cccc4ccc1c2c34. The minimum atomic E-state index is -4.42. The first-order valence-corrected chi connectivity index (χ1v) is 26.2. The molecule has 12 rings (SSSR count). The van der Waals surface area contributed by atoms with Crippen molar-refractivity contribution in [3.05, 3.63) is 155 Å². The van der Waals surface area contributed by atoms with Gasteiger partial charge in [-0.2, -0.15) is 25.3 Å². The second-order valence-electron chi connectivity index (χ2n) is 17.5. The normalized spacial score (nSPS) is 12.6. The van der Waals surface area contributed by atoms with Gasteiger partial charge in [0.1, 0.15) is 33.6 Å². The van der Waals surface area contributed by atoms with E-state index in [1.807, 2.05) is 19.9 Å². The van der Waals surface area contributed by atoms with Gasteiger partial charge in [-0.1, -0.05) is 91.0 Å². The van der Waals surface area contributed by atoms with Gasteiger partial charge in [0, 0.05) is 38.4 Å². The third kappa shape index (κ3) is 7.77. The van der Waals surface area contributed by atoms with E-state index in [0.717, 1.165) is 34.4 Å². The minimum Gasteiger partial charge on any atom is -0.507 e. The van der Waals surface area contributed by atoms with Gasteiger partial charge >= 0.3 is 0 Å². The summed E-state index contributed by atoms with van der Waals surface area (Å²) in [5.41, 5.74) is 3.62. The van der Waals surface area contributed by atoms with Crippen LogP contribution in [0.1, 0.15) is 27.8 Å². The lowest BCUT2D eigenvalue weighted by Gasteiger charge is -2.18. The molecule has 0 aliphatic carbocycles. The summed E-state index contributed by atoms with van der Waals surface area (Å²) in [6.45, 7) is 5.86. The highest BCUT2D eigenvalue weighted by Crippen LogP contribution is 2.46. The molecule has 0 unspecified atom stereocenters. The fourth-order valence-electron chi connectivity index (χ4n) is 10.2. The van der Waals surface area contributed by atoms with Crippen molar-refractivity contribution >= 4 is 127 Å². The van der Waals surface area contributed by atoms with E-state index in [2.05, 4.69) is 65.7 Å². The lowest BCUT2D eigenvalue weighted by atomic mass is 9.89. The molecule has 0 bridgehead atoms. The first-order chi connectivity index (χ1) is 32.6. The van der Waals surface area contributed by atoms with Crippen molar-refractivity contribution in [2.75, 3.05) is 7.11 Å². The standard InChI is InChI=1S/C19H16O7S2.C18H14O5S.C17H12/c1-10-7-16(20)14-5-4-13-11(9-27(21,22)23)8-17(28(24,25)26-2)15-6-3-12(10)18(14)19(13)15;1-9-6-10(8-24(21,22)23)12-3-5-14-16(20)7-15(19)13-4-2-11(9)17(12)18(13)14;1-11-5-6-14-8-7-12-3-2-4-13-9-10-15(11)17(14)16(12)13/h3-8,20H,9H2,1-2H3,(H,21,22,23);2-7,19-20H,8H2,1H3,(H,21,22,23);2-10H,1H3. The van der Waals surface area contributed by atoms with Crippen LogP contribution in [0.25, 0.3) is 97.0 Å². The van der Waals surface area contributed by atoms with Gasteiger partial charge in [0.05, 0.1) is 7.11 Å². The van der Waals surface area contributed by atoms with Crippen molar-refractivity contribution in [1.82, 2.24) is 0 Å². The van der Waals surface area contributed by atoms with Gasteiger partial charge in [-0.15, -0.1) is 0 Å². The van der Waals surface area contributed by atoms with Gasteiger partial charge in [0.25, 0.3) is 30.4 Å². The molecule has 69 heavy (non-hydrogen) atoms. The molecule has 0 heterocycles. The van der Waals surface area contributed by atoms with Gasteiger partial charge in [0.2, 0.25) is 0 Å². The van der Waals surface area contributed by atoms with Gasteiger partial charge in [-0.3, -0.25) is 13.3 Å². The average Bonchev–Trinajstić information content (AvgIpc) is 3.29. The Kier molecular flexibility index (Phi) is 10.8. The zero-order valence-electron chi connectivity index (χ0n) is 37.4. The third-order valence-corrected chi connectivity index (χ3v) is 15.9. The van der Waals surface area contributed by atoms with Crippen LogP contribution in [0.4, 0.5) is 0 Å².